The van der Waals surface area contributed by atoms with E-state index in [4.69, 9.17) is 25.6 Å². The van der Waals surface area contributed by atoms with Crippen LogP contribution in [-0.4, -0.2) is 37.3 Å². The Labute approximate surface area is 175 Å². The van der Waals surface area contributed by atoms with Gasteiger partial charge in [0.15, 0.2) is 16.6 Å². The van der Waals surface area contributed by atoms with E-state index in [1.165, 1.54) is 6.33 Å². The molecule has 3 heterocycles. The SMILES string of the molecule is CCOP(=O)(OCC)c1ccc(-c2nc3c(Cl)ncnc3n2CC(C)(C)C)n1C. The van der Waals surface area contributed by atoms with Crippen molar-refractivity contribution in [2.45, 2.75) is 41.2 Å². The fourth-order valence-electron chi connectivity index (χ4n) is 3.24. The van der Waals surface area contributed by atoms with Crippen LogP contribution in [0.5, 0.6) is 0 Å². The zero-order chi connectivity index (χ0) is 21.4. The first kappa shape index (κ1) is 22.0. The van der Waals surface area contributed by atoms with Crippen molar-refractivity contribution in [1.29, 1.82) is 0 Å². The van der Waals surface area contributed by atoms with Crippen molar-refractivity contribution in [3.05, 3.63) is 23.6 Å². The molecule has 0 amide bonds. The third-order valence-corrected chi connectivity index (χ3v) is 6.81. The van der Waals surface area contributed by atoms with E-state index in [9.17, 15) is 4.57 Å². The molecule has 10 heteroatoms. The van der Waals surface area contributed by atoms with Crippen molar-refractivity contribution in [3.63, 3.8) is 0 Å². The summed E-state index contributed by atoms with van der Waals surface area (Å²) in [7, 11) is -1.61. The summed E-state index contributed by atoms with van der Waals surface area (Å²) in [5, 5.41) is 0.299. The number of imidazole rings is 1. The Bertz CT molecular complexity index is 1060. The highest BCUT2D eigenvalue weighted by molar-refractivity contribution is 7.62. The topological polar surface area (TPSA) is 84.1 Å². The maximum Gasteiger partial charge on any atom is 0.377 e. The van der Waals surface area contributed by atoms with E-state index in [0.717, 1.165) is 5.69 Å². The number of fused-ring (bicyclic) bond motifs is 1. The monoisotopic (exact) mass is 439 g/mol. The van der Waals surface area contributed by atoms with Gasteiger partial charge in [-0.3, -0.25) is 4.57 Å². The third-order valence-electron chi connectivity index (χ3n) is 4.32. The molecule has 0 bridgehead atoms. The van der Waals surface area contributed by atoms with Gasteiger partial charge in [-0.2, -0.15) is 0 Å². The molecule has 29 heavy (non-hydrogen) atoms. The molecule has 0 aliphatic carbocycles. The minimum Gasteiger partial charge on any atom is -0.335 e. The highest BCUT2D eigenvalue weighted by Gasteiger charge is 2.32. The van der Waals surface area contributed by atoms with Crippen LogP contribution in [0.2, 0.25) is 5.15 Å². The Balaban J connectivity index is 2.22. The number of nitrogens with zero attached hydrogens (tertiary/aromatic N) is 5. The van der Waals surface area contributed by atoms with Crippen molar-refractivity contribution in [2.24, 2.45) is 12.5 Å². The van der Waals surface area contributed by atoms with Gasteiger partial charge in [0.1, 0.15) is 17.3 Å². The second-order valence-electron chi connectivity index (χ2n) is 7.89. The van der Waals surface area contributed by atoms with Crippen molar-refractivity contribution in [2.75, 3.05) is 13.2 Å². The van der Waals surface area contributed by atoms with E-state index in [1.807, 2.05) is 17.7 Å². The number of hydrogen-bond donors (Lipinski definition) is 0. The highest BCUT2D eigenvalue weighted by atomic mass is 35.5. The van der Waals surface area contributed by atoms with Crippen molar-refractivity contribution < 1.29 is 13.6 Å². The zero-order valence-electron chi connectivity index (χ0n) is 17.6. The molecular weight excluding hydrogens is 413 g/mol. The fourth-order valence-corrected chi connectivity index (χ4v) is 5.16. The van der Waals surface area contributed by atoms with Gasteiger partial charge in [-0.1, -0.05) is 32.4 Å². The Morgan fingerprint density at radius 1 is 1.14 bits per heavy atom. The first-order chi connectivity index (χ1) is 13.6. The summed E-state index contributed by atoms with van der Waals surface area (Å²) in [5.41, 5.74) is 2.41. The number of aromatic nitrogens is 5. The maximum absolute atomic E-state index is 13.3. The molecular formula is C19H27ClN5O3P. The van der Waals surface area contributed by atoms with E-state index in [0.29, 0.717) is 34.1 Å². The molecule has 0 saturated carbocycles. The lowest BCUT2D eigenvalue weighted by Gasteiger charge is -2.21. The van der Waals surface area contributed by atoms with Crippen LogP contribution in [0, 0.1) is 5.41 Å². The summed E-state index contributed by atoms with van der Waals surface area (Å²) in [6, 6.07) is 3.62. The normalized spacial score (nSPS) is 12.8. The number of rotatable bonds is 7. The van der Waals surface area contributed by atoms with E-state index in [2.05, 4.69) is 30.7 Å². The van der Waals surface area contributed by atoms with Crippen LogP contribution in [0.4, 0.5) is 0 Å². The van der Waals surface area contributed by atoms with Crippen molar-refractivity contribution in [3.8, 4) is 11.5 Å². The minimum atomic E-state index is -3.44. The van der Waals surface area contributed by atoms with Crippen LogP contribution in [-0.2, 0) is 27.2 Å². The molecule has 158 valence electrons. The summed E-state index contributed by atoms with van der Waals surface area (Å²) in [5.74, 6) is 0.672. The van der Waals surface area contributed by atoms with Gasteiger partial charge in [0.25, 0.3) is 0 Å². The zero-order valence-corrected chi connectivity index (χ0v) is 19.3. The van der Waals surface area contributed by atoms with Crippen LogP contribution < -0.4 is 5.44 Å². The highest BCUT2D eigenvalue weighted by Crippen LogP contribution is 2.47. The van der Waals surface area contributed by atoms with Crippen molar-refractivity contribution >= 4 is 35.8 Å². The van der Waals surface area contributed by atoms with E-state index in [-0.39, 0.29) is 18.6 Å². The van der Waals surface area contributed by atoms with Crippen LogP contribution in [0.1, 0.15) is 34.6 Å². The van der Waals surface area contributed by atoms with Gasteiger partial charge >= 0.3 is 7.60 Å². The third kappa shape index (κ3) is 4.26. The fraction of sp³-hybridized carbons (Fsp3) is 0.526. The summed E-state index contributed by atoms with van der Waals surface area (Å²) in [6.07, 6.45) is 1.43. The standard InChI is InChI=1S/C19H27ClN5O3P/c1-7-27-29(26,28-8-2)14-10-9-13(24(14)6)17-23-15-16(20)21-12-22-18(15)25(17)11-19(3,4)5/h9-10,12H,7-8,11H2,1-6H3. The van der Waals surface area contributed by atoms with Crippen LogP contribution in [0.3, 0.4) is 0 Å². The molecule has 3 aromatic rings. The van der Waals surface area contributed by atoms with Gasteiger partial charge in [0.2, 0.25) is 0 Å². The number of halogens is 1. The quantitative estimate of drug-likeness (QED) is 0.400. The predicted octanol–water partition coefficient (Wildman–Crippen LogP) is 4.42. The van der Waals surface area contributed by atoms with Crippen LogP contribution >= 0.6 is 19.2 Å². The molecule has 0 aliphatic rings. The molecule has 0 radical (unpaired) electrons. The van der Waals surface area contributed by atoms with Gasteiger partial charge in [-0.15, -0.1) is 0 Å². The molecule has 8 nitrogen and oxygen atoms in total. The first-order valence-corrected chi connectivity index (χ1v) is 11.5. The maximum atomic E-state index is 13.3. The molecule has 0 aliphatic heterocycles. The summed E-state index contributed by atoms with van der Waals surface area (Å²) in [6.45, 7) is 11.2. The second kappa shape index (κ2) is 8.19. The van der Waals surface area contributed by atoms with Gasteiger partial charge < -0.3 is 18.2 Å². The Morgan fingerprint density at radius 3 is 2.38 bits per heavy atom. The summed E-state index contributed by atoms with van der Waals surface area (Å²) < 4.78 is 28.1. The largest absolute Gasteiger partial charge is 0.377 e. The van der Waals surface area contributed by atoms with Crippen molar-refractivity contribution in [1.82, 2.24) is 24.1 Å². The van der Waals surface area contributed by atoms with Gasteiger partial charge in [-0.05, 0) is 31.4 Å². The van der Waals surface area contributed by atoms with E-state index < -0.39 is 7.60 Å². The average Bonchev–Trinajstić information content (AvgIpc) is 3.16. The smallest absolute Gasteiger partial charge is 0.335 e. The summed E-state index contributed by atoms with van der Waals surface area (Å²) in [4.78, 5) is 13.2. The Kier molecular flexibility index (Phi) is 6.20. The lowest BCUT2D eigenvalue weighted by molar-refractivity contribution is 0.228. The molecule has 3 aromatic heterocycles. The molecule has 0 N–H and O–H groups in total. The van der Waals surface area contributed by atoms with Gasteiger partial charge in [0.05, 0.1) is 18.9 Å². The van der Waals surface area contributed by atoms with Crippen LogP contribution in [0.25, 0.3) is 22.7 Å². The van der Waals surface area contributed by atoms with Gasteiger partial charge in [0, 0.05) is 13.6 Å². The van der Waals surface area contributed by atoms with Crippen LogP contribution in [0.15, 0.2) is 18.5 Å². The van der Waals surface area contributed by atoms with Gasteiger partial charge in [-0.25, -0.2) is 15.0 Å². The molecule has 0 saturated heterocycles. The lowest BCUT2D eigenvalue weighted by atomic mass is 9.97. The first-order valence-electron chi connectivity index (χ1n) is 9.53. The molecule has 0 spiro atoms. The average molecular weight is 440 g/mol. The van der Waals surface area contributed by atoms with E-state index >= 15 is 0 Å². The second-order valence-corrected chi connectivity index (χ2v) is 10.2. The molecule has 0 unspecified atom stereocenters. The Hall–Kier alpha value is -1.73. The summed E-state index contributed by atoms with van der Waals surface area (Å²) >= 11 is 6.28. The number of hydrogen-bond acceptors (Lipinski definition) is 6. The molecule has 3 rings (SSSR count). The lowest BCUT2D eigenvalue weighted by Crippen LogP contribution is -2.20. The van der Waals surface area contributed by atoms with E-state index in [1.54, 1.807) is 24.5 Å². The molecule has 0 aromatic carbocycles. The Morgan fingerprint density at radius 2 is 1.79 bits per heavy atom. The minimum absolute atomic E-state index is 0.0280. The predicted molar refractivity (Wildman–Crippen MR) is 115 cm³/mol. The molecule has 0 fully saturated rings. The molecule has 0 atom stereocenters.